The third kappa shape index (κ3) is 4.27. The van der Waals surface area contributed by atoms with Crippen LogP contribution in [0.5, 0.6) is 0 Å². The minimum absolute atomic E-state index is 0.0428. The summed E-state index contributed by atoms with van der Waals surface area (Å²) in [5, 5.41) is 3.45. The lowest BCUT2D eigenvalue weighted by atomic mass is 9.87. The molecule has 1 atom stereocenters. The molecule has 8 heteroatoms. The average Bonchev–Trinajstić information content (AvgIpc) is 2.95. The number of hydrazine groups is 1. The van der Waals surface area contributed by atoms with Gasteiger partial charge in [-0.25, -0.2) is 9.18 Å². The highest BCUT2D eigenvalue weighted by Gasteiger charge is 2.52. The van der Waals surface area contributed by atoms with Gasteiger partial charge in [0.15, 0.2) is 0 Å². The SMILES string of the molecule is CC[C@]1(c2ccccc2)NC(=O)N(NC(=O)CN(C)Cc2ccc(F)cc2)C1=O. The summed E-state index contributed by atoms with van der Waals surface area (Å²) in [5.41, 5.74) is 2.69. The topological polar surface area (TPSA) is 81.8 Å². The molecule has 2 aromatic rings. The molecule has 3 rings (SSSR count). The lowest BCUT2D eigenvalue weighted by Crippen LogP contribution is -2.50. The summed E-state index contributed by atoms with van der Waals surface area (Å²) in [6, 6.07) is 14.2. The summed E-state index contributed by atoms with van der Waals surface area (Å²) in [6.07, 6.45) is 0.346. The molecule has 1 fully saturated rings. The molecule has 0 unspecified atom stereocenters. The van der Waals surface area contributed by atoms with Crippen LogP contribution >= 0.6 is 0 Å². The van der Waals surface area contributed by atoms with Gasteiger partial charge in [0.05, 0.1) is 6.54 Å². The van der Waals surface area contributed by atoms with E-state index in [4.69, 9.17) is 0 Å². The Morgan fingerprint density at radius 2 is 1.79 bits per heavy atom. The Kier molecular flexibility index (Phi) is 5.93. The zero-order chi connectivity index (χ0) is 21.0. The molecule has 7 nitrogen and oxygen atoms in total. The summed E-state index contributed by atoms with van der Waals surface area (Å²) in [6.45, 7) is 2.17. The summed E-state index contributed by atoms with van der Waals surface area (Å²) in [7, 11) is 1.72. The molecular formula is C21H23FN4O3. The molecule has 2 aromatic carbocycles. The van der Waals surface area contributed by atoms with E-state index < -0.39 is 23.4 Å². The Morgan fingerprint density at radius 1 is 1.14 bits per heavy atom. The molecule has 1 heterocycles. The van der Waals surface area contributed by atoms with Crippen molar-refractivity contribution in [2.45, 2.75) is 25.4 Å². The lowest BCUT2D eigenvalue weighted by Gasteiger charge is -2.25. The third-order valence-corrected chi connectivity index (χ3v) is 4.90. The molecule has 0 radical (unpaired) electrons. The van der Waals surface area contributed by atoms with Gasteiger partial charge in [-0.15, -0.1) is 0 Å². The molecular weight excluding hydrogens is 375 g/mol. The standard InChI is InChI=1S/C21H23FN4O3/c1-3-21(16-7-5-4-6-8-16)19(28)26(20(29)23-21)24-18(27)14-25(2)13-15-9-11-17(22)12-10-15/h4-12H,3,13-14H2,1-2H3,(H,23,29)(H,24,27)/t21-/m1/s1. The van der Waals surface area contributed by atoms with Gasteiger partial charge in [0.25, 0.3) is 11.8 Å². The van der Waals surface area contributed by atoms with Crippen LogP contribution in [0.25, 0.3) is 0 Å². The molecule has 29 heavy (non-hydrogen) atoms. The molecule has 4 amide bonds. The van der Waals surface area contributed by atoms with Gasteiger partial charge in [-0.2, -0.15) is 5.01 Å². The number of hydrogen-bond acceptors (Lipinski definition) is 4. The number of amides is 4. The highest BCUT2D eigenvalue weighted by atomic mass is 19.1. The van der Waals surface area contributed by atoms with Gasteiger partial charge in [0.1, 0.15) is 11.4 Å². The fraction of sp³-hybridized carbons (Fsp3) is 0.286. The largest absolute Gasteiger partial charge is 0.344 e. The summed E-state index contributed by atoms with van der Waals surface area (Å²) in [4.78, 5) is 39.5. The van der Waals surface area contributed by atoms with E-state index in [-0.39, 0.29) is 12.4 Å². The van der Waals surface area contributed by atoms with Crippen molar-refractivity contribution in [3.63, 3.8) is 0 Å². The maximum Gasteiger partial charge on any atom is 0.344 e. The molecule has 1 aliphatic heterocycles. The first-order valence-corrected chi connectivity index (χ1v) is 9.30. The van der Waals surface area contributed by atoms with Gasteiger partial charge < -0.3 is 5.32 Å². The van der Waals surface area contributed by atoms with Crippen molar-refractivity contribution in [3.8, 4) is 0 Å². The first-order chi connectivity index (χ1) is 13.9. The third-order valence-electron chi connectivity index (χ3n) is 4.90. The summed E-state index contributed by atoms with van der Waals surface area (Å²) in [5.74, 6) is -1.35. The number of carbonyl (C=O) groups excluding carboxylic acids is 3. The highest BCUT2D eigenvalue weighted by Crippen LogP contribution is 2.31. The van der Waals surface area contributed by atoms with Crippen LogP contribution in [0.2, 0.25) is 0 Å². The van der Waals surface area contributed by atoms with Crippen LogP contribution in [0.1, 0.15) is 24.5 Å². The van der Waals surface area contributed by atoms with Crippen LogP contribution in [0.4, 0.5) is 9.18 Å². The fourth-order valence-corrected chi connectivity index (χ4v) is 3.40. The zero-order valence-electron chi connectivity index (χ0n) is 16.3. The molecule has 1 saturated heterocycles. The molecule has 0 bridgehead atoms. The van der Waals surface area contributed by atoms with E-state index in [0.29, 0.717) is 18.5 Å². The molecule has 0 aromatic heterocycles. The first-order valence-electron chi connectivity index (χ1n) is 9.30. The van der Waals surface area contributed by atoms with E-state index >= 15 is 0 Å². The Bertz CT molecular complexity index is 904. The number of halogens is 1. The van der Waals surface area contributed by atoms with Gasteiger partial charge >= 0.3 is 6.03 Å². The monoisotopic (exact) mass is 398 g/mol. The number of benzene rings is 2. The van der Waals surface area contributed by atoms with Crippen LogP contribution in [0.15, 0.2) is 54.6 Å². The Labute approximate surface area is 168 Å². The predicted octanol–water partition coefficient (Wildman–Crippen LogP) is 2.15. The van der Waals surface area contributed by atoms with Gasteiger partial charge in [-0.05, 0) is 36.7 Å². The van der Waals surface area contributed by atoms with Crippen LogP contribution in [0, 0.1) is 5.82 Å². The van der Waals surface area contributed by atoms with Crippen LogP contribution < -0.4 is 10.7 Å². The second-order valence-corrected chi connectivity index (χ2v) is 7.03. The second-order valence-electron chi connectivity index (χ2n) is 7.03. The minimum atomic E-state index is -1.20. The quantitative estimate of drug-likeness (QED) is 0.701. The zero-order valence-corrected chi connectivity index (χ0v) is 16.3. The van der Waals surface area contributed by atoms with Crippen LogP contribution in [-0.4, -0.2) is 41.3 Å². The normalized spacial score (nSPS) is 18.8. The van der Waals surface area contributed by atoms with Crippen molar-refractivity contribution >= 4 is 17.8 Å². The molecule has 152 valence electrons. The average molecular weight is 398 g/mol. The van der Waals surface area contributed by atoms with E-state index in [1.54, 1.807) is 55.3 Å². The molecule has 0 aliphatic carbocycles. The van der Waals surface area contributed by atoms with Crippen molar-refractivity contribution in [2.75, 3.05) is 13.6 Å². The van der Waals surface area contributed by atoms with Crippen LogP contribution in [-0.2, 0) is 21.7 Å². The van der Waals surface area contributed by atoms with Gasteiger partial charge in [-0.1, -0.05) is 49.4 Å². The van der Waals surface area contributed by atoms with Crippen molar-refractivity contribution in [1.29, 1.82) is 0 Å². The maximum atomic E-state index is 13.0. The number of hydrogen-bond donors (Lipinski definition) is 2. The lowest BCUT2D eigenvalue weighted by molar-refractivity contribution is -0.139. The number of urea groups is 1. The van der Waals surface area contributed by atoms with Crippen molar-refractivity contribution in [1.82, 2.24) is 20.7 Å². The Balaban J connectivity index is 1.65. The van der Waals surface area contributed by atoms with Gasteiger partial charge in [0.2, 0.25) is 0 Å². The molecule has 1 aliphatic rings. The van der Waals surface area contributed by atoms with E-state index in [0.717, 1.165) is 10.6 Å². The number of imide groups is 1. The minimum Gasteiger partial charge on any atom is -0.318 e. The van der Waals surface area contributed by atoms with Crippen molar-refractivity contribution in [3.05, 3.63) is 71.5 Å². The number of nitrogens with one attached hydrogen (secondary N) is 2. The van der Waals surface area contributed by atoms with E-state index in [1.807, 2.05) is 6.07 Å². The number of likely N-dealkylation sites (N-methyl/N-ethyl adjacent to an activating group) is 1. The fourth-order valence-electron chi connectivity index (χ4n) is 3.40. The van der Waals surface area contributed by atoms with E-state index in [2.05, 4.69) is 10.7 Å². The molecule has 0 spiro atoms. The number of nitrogens with zero attached hydrogens (tertiary/aromatic N) is 2. The van der Waals surface area contributed by atoms with Crippen LogP contribution in [0.3, 0.4) is 0 Å². The number of carbonyl (C=O) groups is 3. The summed E-state index contributed by atoms with van der Waals surface area (Å²) >= 11 is 0. The van der Waals surface area contributed by atoms with E-state index in [9.17, 15) is 18.8 Å². The highest BCUT2D eigenvalue weighted by molar-refractivity contribution is 6.08. The van der Waals surface area contributed by atoms with E-state index in [1.165, 1.54) is 12.1 Å². The Hall–Kier alpha value is -3.26. The molecule has 0 saturated carbocycles. The van der Waals surface area contributed by atoms with Crippen molar-refractivity contribution < 1.29 is 18.8 Å². The summed E-state index contributed by atoms with van der Waals surface area (Å²) < 4.78 is 13.0. The second kappa shape index (κ2) is 8.40. The maximum absolute atomic E-state index is 13.0. The first kappa shape index (κ1) is 20.5. The Morgan fingerprint density at radius 3 is 2.41 bits per heavy atom. The van der Waals surface area contributed by atoms with Gasteiger partial charge in [-0.3, -0.25) is 19.9 Å². The van der Waals surface area contributed by atoms with Gasteiger partial charge in [0, 0.05) is 6.54 Å². The smallest absolute Gasteiger partial charge is 0.318 e. The van der Waals surface area contributed by atoms with Crippen molar-refractivity contribution in [2.24, 2.45) is 0 Å². The molecule has 2 N–H and O–H groups in total. The predicted molar refractivity (Wildman–Crippen MR) is 105 cm³/mol. The number of rotatable bonds is 7.